The summed E-state index contributed by atoms with van der Waals surface area (Å²) in [6, 6.07) is 0. The summed E-state index contributed by atoms with van der Waals surface area (Å²) < 4.78 is 9.04. The van der Waals surface area contributed by atoms with Gasteiger partial charge in [-0.05, 0) is 108 Å². The molecule has 4 aliphatic carbocycles. The molecule has 2 aromatic rings. The van der Waals surface area contributed by atoms with Crippen LogP contribution in [0.25, 0.3) is 0 Å². The summed E-state index contributed by atoms with van der Waals surface area (Å²) >= 11 is 3.55. The summed E-state index contributed by atoms with van der Waals surface area (Å²) in [6.45, 7) is 5.21. The Hall–Kier alpha value is -0.740. The fraction of sp³-hybridized carbons (Fsp3) is 0.714. The Bertz CT molecular complexity index is 839. The first-order valence-electron chi connectivity index (χ1n) is 9.96. The summed E-state index contributed by atoms with van der Waals surface area (Å²) in [7, 11) is 0. The van der Waals surface area contributed by atoms with Crippen LogP contribution in [0.2, 0.25) is 0 Å². The zero-order chi connectivity index (χ0) is 16.8. The van der Waals surface area contributed by atoms with E-state index in [1.54, 1.807) is 43.9 Å². The first-order valence-corrected chi connectivity index (χ1v) is 11.5. The van der Waals surface area contributed by atoms with Crippen LogP contribution >= 0.6 is 23.1 Å². The number of rotatable bonds is 0. The van der Waals surface area contributed by atoms with E-state index < -0.39 is 0 Å². The van der Waals surface area contributed by atoms with Gasteiger partial charge in [-0.15, -0.1) is 0 Å². The third-order valence-electron chi connectivity index (χ3n) is 8.79. The summed E-state index contributed by atoms with van der Waals surface area (Å²) in [4.78, 5) is 3.23. The molecular weight excluding hydrogens is 344 g/mol. The van der Waals surface area contributed by atoms with Gasteiger partial charge in [0.2, 0.25) is 0 Å². The molecule has 25 heavy (non-hydrogen) atoms. The van der Waals surface area contributed by atoms with Gasteiger partial charge in [0.15, 0.2) is 0 Å². The second kappa shape index (κ2) is 4.95. The third-order valence-corrected chi connectivity index (χ3v) is 10.8. The Kier molecular flexibility index (Phi) is 3.03. The summed E-state index contributed by atoms with van der Waals surface area (Å²) in [5, 5.41) is 0. The van der Waals surface area contributed by atoms with Crippen LogP contribution in [0.3, 0.4) is 0 Å². The molecule has 0 aliphatic heterocycles. The van der Waals surface area contributed by atoms with Crippen LogP contribution in [0.15, 0.2) is 12.4 Å². The number of hydrogen-bond donors (Lipinski definition) is 0. The minimum absolute atomic E-state index is 0.421. The van der Waals surface area contributed by atoms with Gasteiger partial charge >= 0.3 is 0 Å². The lowest BCUT2D eigenvalue weighted by atomic mass is 9.45. The maximum atomic E-state index is 4.52. The van der Waals surface area contributed by atoms with E-state index >= 15 is 0 Å². The summed E-state index contributed by atoms with van der Waals surface area (Å²) in [5.41, 5.74) is 4.09. The highest BCUT2D eigenvalue weighted by Gasteiger charge is 2.59. The average Bonchev–Trinajstić information content (AvgIpc) is 3.28. The molecule has 2 fully saturated rings. The van der Waals surface area contributed by atoms with Crippen LogP contribution in [-0.4, -0.2) is 8.75 Å². The first-order chi connectivity index (χ1) is 12.1. The van der Waals surface area contributed by atoms with E-state index in [1.807, 2.05) is 0 Å². The average molecular weight is 371 g/mol. The van der Waals surface area contributed by atoms with Crippen molar-refractivity contribution in [2.45, 2.75) is 64.2 Å². The Labute approximate surface area is 158 Å². The highest BCUT2D eigenvalue weighted by Crippen LogP contribution is 2.65. The molecule has 4 heteroatoms. The quantitative estimate of drug-likeness (QED) is 0.631. The SMILES string of the molecule is C[C@]12Cc3cnsc3C[C@@H]1CC[C@@H]1[C@@H]2CC[C@]2(C)c3sncc3C[C@@H]12. The normalized spacial score (nSPS) is 44.4. The molecule has 2 saturated carbocycles. The molecule has 2 nitrogen and oxygen atoms in total. The predicted molar refractivity (Wildman–Crippen MR) is 103 cm³/mol. The number of nitrogens with zero attached hydrogens (tertiary/aromatic N) is 2. The van der Waals surface area contributed by atoms with E-state index in [-0.39, 0.29) is 0 Å². The Morgan fingerprint density at radius 3 is 2.72 bits per heavy atom. The Balaban J connectivity index is 1.39. The molecule has 132 valence electrons. The van der Waals surface area contributed by atoms with Crippen LogP contribution in [0.5, 0.6) is 0 Å². The molecule has 6 rings (SSSR count). The summed E-state index contributed by atoms with van der Waals surface area (Å²) in [6.07, 6.45) is 14.0. The zero-order valence-electron chi connectivity index (χ0n) is 15.1. The van der Waals surface area contributed by atoms with Gasteiger partial charge in [0, 0.05) is 27.6 Å². The molecule has 0 bridgehead atoms. The Morgan fingerprint density at radius 2 is 1.80 bits per heavy atom. The van der Waals surface area contributed by atoms with Gasteiger partial charge < -0.3 is 0 Å². The maximum absolute atomic E-state index is 4.52. The molecule has 6 atom stereocenters. The number of hydrogen-bond acceptors (Lipinski definition) is 4. The second-order valence-corrected chi connectivity index (χ2v) is 11.3. The van der Waals surface area contributed by atoms with Crippen molar-refractivity contribution in [3.8, 4) is 0 Å². The van der Waals surface area contributed by atoms with Crippen molar-refractivity contribution in [1.29, 1.82) is 0 Å². The van der Waals surface area contributed by atoms with Gasteiger partial charge in [-0.1, -0.05) is 13.8 Å². The molecule has 2 heterocycles. The maximum Gasteiger partial charge on any atom is 0.0442 e. The zero-order valence-corrected chi connectivity index (χ0v) is 16.8. The molecule has 0 radical (unpaired) electrons. The smallest absolute Gasteiger partial charge is 0.0442 e. The molecule has 2 aromatic heterocycles. The van der Waals surface area contributed by atoms with Crippen LogP contribution in [0.1, 0.15) is 60.4 Å². The lowest BCUT2D eigenvalue weighted by Gasteiger charge is -2.59. The number of aromatic nitrogens is 2. The van der Waals surface area contributed by atoms with Crippen molar-refractivity contribution in [2.24, 2.45) is 29.1 Å². The van der Waals surface area contributed by atoms with Crippen LogP contribution in [0, 0.1) is 29.1 Å². The lowest BCUT2D eigenvalue weighted by molar-refractivity contribution is -0.0748. The van der Waals surface area contributed by atoms with E-state index in [1.165, 1.54) is 44.9 Å². The van der Waals surface area contributed by atoms with Crippen LogP contribution < -0.4 is 0 Å². The fourth-order valence-electron chi connectivity index (χ4n) is 7.47. The molecule has 0 spiro atoms. The number of fused-ring (bicyclic) bond motifs is 8. The molecule has 0 unspecified atom stereocenters. The van der Waals surface area contributed by atoms with Gasteiger partial charge in [-0.2, -0.15) is 0 Å². The standard InChI is InChI=1S/C21H26N2S2/c1-20-6-5-16-15(17(20)7-12-10-23-25-19(12)20)4-3-14-8-18-13(11-22-24-18)9-21(14,16)2/h10-11,14-17H,3-9H2,1-2H3/t14-,15+,16-,17-,20-,21-/m0/s1. The van der Waals surface area contributed by atoms with Crippen molar-refractivity contribution in [3.05, 3.63) is 33.3 Å². The van der Waals surface area contributed by atoms with Gasteiger partial charge in [0.05, 0.1) is 0 Å². The molecule has 0 amide bonds. The van der Waals surface area contributed by atoms with E-state index in [2.05, 4.69) is 35.0 Å². The minimum atomic E-state index is 0.421. The third kappa shape index (κ3) is 1.86. The van der Waals surface area contributed by atoms with Gasteiger partial charge in [-0.25, -0.2) is 8.75 Å². The molecule has 0 saturated heterocycles. The van der Waals surface area contributed by atoms with Gasteiger partial charge in [0.1, 0.15) is 0 Å². The Morgan fingerprint density at radius 1 is 0.960 bits per heavy atom. The second-order valence-electron chi connectivity index (χ2n) is 9.65. The van der Waals surface area contributed by atoms with Gasteiger partial charge in [0.25, 0.3) is 0 Å². The lowest BCUT2D eigenvalue weighted by Crippen LogP contribution is -2.54. The first kappa shape index (κ1) is 15.3. The largest absolute Gasteiger partial charge is 0.201 e. The highest BCUT2D eigenvalue weighted by molar-refractivity contribution is 7.06. The van der Waals surface area contributed by atoms with E-state index in [4.69, 9.17) is 0 Å². The summed E-state index contributed by atoms with van der Waals surface area (Å²) in [5.74, 6) is 3.60. The van der Waals surface area contributed by atoms with Crippen molar-refractivity contribution >= 4 is 23.1 Å². The fourth-order valence-corrected chi connectivity index (χ4v) is 9.29. The molecular formula is C21H26N2S2. The predicted octanol–water partition coefficient (Wildman–Crippen LogP) is 5.27. The molecule has 4 aliphatic rings. The van der Waals surface area contributed by atoms with Crippen LogP contribution in [-0.2, 0) is 24.7 Å². The highest BCUT2D eigenvalue weighted by atomic mass is 32.1. The monoisotopic (exact) mass is 370 g/mol. The van der Waals surface area contributed by atoms with Crippen molar-refractivity contribution in [2.75, 3.05) is 0 Å². The minimum Gasteiger partial charge on any atom is -0.201 e. The van der Waals surface area contributed by atoms with E-state index in [0.29, 0.717) is 10.8 Å². The van der Waals surface area contributed by atoms with E-state index in [0.717, 1.165) is 23.7 Å². The van der Waals surface area contributed by atoms with Crippen molar-refractivity contribution in [1.82, 2.24) is 8.75 Å². The van der Waals surface area contributed by atoms with Crippen LogP contribution in [0.4, 0.5) is 0 Å². The van der Waals surface area contributed by atoms with Crippen molar-refractivity contribution < 1.29 is 0 Å². The van der Waals surface area contributed by atoms with E-state index in [9.17, 15) is 0 Å². The van der Waals surface area contributed by atoms with Gasteiger partial charge in [-0.3, -0.25) is 0 Å². The molecule has 0 N–H and O–H groups in total. The van der Waals surface area contributed by atoms with Crippen molar-refractivity contribution in [3.63, 3.8) is 0 Å². The topological polar surface area (TPSA) is 25.8 Å². The molecule has 0 aromatic carbocycles.